The molecule has 2 aromatic rings. The third kappa shape index (κ3) is 8.20. The first-order valence-electron chi connectivity index (χ1n) is 13.1. The molecule has 0 spiro atoms. The number of nitrogens with zero attached hydrogens (tertiary/aromatic N) is 1. The van der Waals surface area contributed by atoms with E-state index in [1.54, 1.807) is 52.1 Å². The normalized spacial score (nSPS) is 13.2. The van der Waals surface area contributed by atoms with E-state index in [2.05, 4.69) is 10.6 Å². The highest BCUT2D eigenvalue weighted by molar-refractivity contribution is 5.99. The Morgan fingerprint density at radius 1 is 0.974 bits per heavy atom. The lowest BCUT2D eigenvalue weighted by Crippen LogP contribution is -2.60. The quantitative estimate of drug-likeness (QED) is 0.394. The SMILES string of the molecule is CCC(C)(C)N(C(=O)C(CO)NC(=O)OC(C)(C)C)C(C(=O)Nc1ccc(OC)cc1)c1c(C)cccc1C. The van der Waals surface area contributed by atoms with Gasteiger partial charge in [0.25, 0.3) is 5.91 Å². The van der Waals surface area contributed by atoms with Gasteiger partial charge in [-0.3, -0.25) is 9.59 Å². The lowest BCUT2D eigenvalue weighted by Gasteiger charge is -2.45. The van der Waals surface area contributed by atoms with Crippen LogP contribution in [0.4, 0.5) is 10.5 Å². The van der Waals surface area contributed by atoms with Crippen LogP contribution < -0.4 is 15.4 Å². The molecule has 39 heavy (non-hydrogen) atoms. The summed E-state index contributed by atoms with van der Waals surface area (Å²) in [7, 11) is 1.56. The topological polar surface area (TPSA) is 117 Å². The predicted octanol–water partition coefficient (Wildman–Crippen LogP) is 4.89. The van der Waals surface area contributed by atoms with E-state index in [4.69, 9.17) is 9.47 Å². The average Bonchev–Trinajstić information content (AvgIpc) is 2.85. The van der Waals surface area contributed by atoms with Crippen molar-refractivity contribution in [3.63, 3.8) is 0 Å². The van der Waals surface area contributed by atoms with Gasteiger partial charge in [0.05, 0.1) is 13.7 Å². The molecular weight excluding hydrogens is 498 g/mol. The Hall–Kier alpha value is -3.59. The van der Waals surface area contributed by atoms with Gasteiger partial charge in [-0.25, -0.2) is 4.79 Å². The Morgan fingerprint density at radius 3 is 2.00 bits per heavy atom. The van der Waals surface area contributed by atoms with Crippen LogP contribution in [0.1, 0.15) is 70.7 Å². The predicted molar refractivity (Wildman–Crippen MR) is 152 cm³/mol. The number of hydrogen-bond donors (Lipinski definition) is 3. The van der Waals surface area contributed by atoms with E-state index in [1.165, 1.54) is 4.90 Å². The molecule has 2 unspecified atom stereocenters. The maximum Gasteiger partial charge on any atom is 0.408 e. The molecule has 0 saturated heterocycles. The summed E-state index contributed by atoms with van der Waals surface area (Å²) in [5, 5.41) is 15.6. The van der Waals surface area contributed by atoms with Crippen LogP contribution in [0.3, 0.4) is 0 Å². The minimum absolute atomic E-state index is 0.429. The van der Waals surface area contributed by atoms with E-state index < -0.39 is 47.7 Å². The van der Waals surface area contributed by atoms with Gasteiger partial charge >= 0.3 is 6.09 Å². The Balaban J connectivity index is 2.64. The molecule has 3 N–H and O–H groups in total. The Labute approximate surface area is 231 Å². The molecule has 214 valence electrons. The summed E-state index contributed by atoms with van der Waals surface area (Å²) in [6.07, 6.45) is -0.337. The third-order valence-electron chi connectivity index (χ3n) is 6.61. The van der Waals surface area contributed by atoms with Crippen LogP contribution in [-0.2, 0) is 14.3 Å². The van der Waals surface area contributed by atoms with Gasteiger partial charge in [0.15, 0.2) is 0 Å². The number of aryl methyl sites for hydroxylation is 2. The van der Waals surface area contributed by atoms with Crippen molar-refractivity contribution in [1.29, 1.82) is 0 Å². The fraction of sp³-hybridized carbons (Fsp3) is 0.500. The van der Waals surface area contributed by atoms with Crippen molar-refractivity contribution in [3.8, 4) is 5.75 Å². The van der Waals surface area contributed by atoms with Gasteiger partial charge in [0, 0.05) is 11.2 Å². The molecule has 0 fully saturated rings. The van der Waals surface area contributed by atoms with Gasteiger partial charge in [0.2, 0.25) is 5.91 Å². The number of alkyl carbamates (subject to hydrolysis) is 1. The molecule has 0 aliphatic carbocycles. The second-order valence-electron chi connectivity index (χ2n) is 11.2. The molecule has 2 rings (SSSR count). The molecule has 2 atom stereocenters. The molecule has 9 nitrogen and oxygen atoms in total. The summed E-state index contributed by atoms with van der Waals surface area (Å²) in [5.74, 6) is -0.392. The summed E-state index contributed by atoms with van der Waals surface area (Å²) in [5.41, 5.74) is 1.23. The van der Waals surface area contributed by atoms with Gasteiger partial charge in [-0.15, -0.1) is 0 Å². The molecule has 0 heterocycles. The lowest BCUT2D eigenvalue weighted by molar-refractivity contribution is -0.148. The van der Waals surface area contributed by atoms with Gasteiger partial charge in [-0.05, 0) is 95.8 Å². The first-order valence-corrected chi connectivity index (χ1v) is 13.1. The van der Waals surface area contributed by atoms with Crippen LogP contribution in [-0.4, -0.2) is 58.8 Å². The van der Waals surface area contributed by atoms with Gasteiger partial charge in [0.1, 0.15) is 23.4 Å². The molecule has 2 aromatic carbocycles. The summed E-state index contributed by atoms with van der Waals surface area (Å²) in [6, 6.07) is 10.2. The maximum absolute atomic E-state index is 14.2. The summed E-state index contributed by atoms with van der Waals surface area (Å²) < 4.78 is 10.5. The van der Waals surface area contributed by atoms with Crippen molar-refractivity contribution in [2.75, 3.05) is 19.0 Å². The lowest BCUT2D eigenvalue weighted by atomic mass is 9.88. The number of benzene rings is 2. The monoisotopic (exact) mass is 541 g/mol. The largest absolute Gasteiger partial charge is 0.497 e. The average molecular weight is 542 g/mol. The highest BCUT2D eigenvalue weighted by atomic mass is 16.6. The Morgan fingerprint density at radius 2 is 1.54 bits per heavy atom. The Kier molecular flexibility index (Phi) is 10.5. The number of carbonyl (C=O) groups excluding carboxylic acids is 3. The second-order valence-corrected chi connectivity index (χ2v) is 11.2. The number of aliphatic hydroxyl groups is 1. The molecule has 0 radical (unpaired) electrons. The van der Waals surface area contributed by atoms with Crippen LogP contribution in [0, 0.1) is 13.8 Å². The number of nitrogens with one attached hydrogen (secondary N) is 2. The van der Waals surface area contributed by atoms with Crippen molar-refractivity contribution in [2.24, 2.45) is 0 Å². The second kappa shape index (κ2) is 13.0. The summed E-state index contributed by atoms with van der Waals surface area (Å²) in [6.45, 7) is 13.8. The molecule has 0 aliphatic rings. The van der Waals surface area contributed by atoms with Gasteiger partial charge in [-0.2, -0.15) is 0 Å². The fourth-order valence-electron chi connectivity index (χ4n) is 4.27. The maximum atomic E-state index is 14.2. The fourth-order valence-corrected chi connectivity index (χ4v) is 4.27. The Bertz CT molecular complexity index is 1130. The zero-order valence-electron chi connectivity index (χ0n) is 24.5. The van der Waals surface area contributed by atoms with Crippen molar-refractivity contribution < 1.29 is 29.0 Å². The molecule has 0 aliphatic heterocycles. The molecular formula is C30H43N3O6. The van der Waals surface area contributed by atoms with E-state index in [0.717, 1.165) is 11.1 Å². The standard InChI is InChI=1S/C30H43N3O6/c1-10-30(7,8)33(27(36)23(18-34)32-28(37)39-29(4,5)6)25(24-19(2)12-11-13-20(24)3)26(35)31-21-14-16-22(38-9)17-15-21/h11-17,23,25,34H,10,18H2,1-9H3,(H,31,35)(H,32,37). The minimum atomic E-state index is -1.33. The van der Waals surface area contributed by atoms with Gasteiger partial charge in [-0.1, -0.05) is 25.1 Å². The minimum Gasteiger partial charge on any atom is -0.497 e. The number of methoxy groups -OCH3 is 1. The number of carbonyl (C=O) groups is 3. The first-order chi connectivity index (χ1) is 18.1. The number of aliphatic hydroxyl groups excluding tert-OH is 1. The zero-order valence-corrected chi connectivity index (χ0v) is 24.5. The van der Waals surface area contributed by atoms with Crippen molar-refractivity contribution in [1.82, 2.24) is 10.2 Å². The van der Waals surface area contributed by atoms with E-state index >= 15 is 0 Å². The molecule has 0 aromatic heterocycles. The van der Waals surface area contributed by atoms with Crippen molar-refractivity contribution in [3.05, 3.63) is 59.2 Å². The molecule has 3 amide bonds. The van der Waals surface area contributed by atoms with Crippen LogP contribution in [0.25, 0.3) is 0 Å². The number of anilines is 1. The number of hydrogen-bond acceptors (Lipinski definition) is 6. The number of ether oxygens (including phenoxy) is 2. The van der Waals surface area contributed by atoms with E-state index in [9.17, 15) is 19.5 Å². The van der Waals surface area contributed by atoms with Crippen molar-refractivity contribution >= 4 is 23.6 Å². The molecule has 0 saturated carbocycles. The molecule has 0 bridgehead atoms. The zero-order chi connectivity index (χ0) is 29.5. The highest BCUT2D eigenvalue weighted by Gasteiger charge is 2.44. The van der Waals surface area contributed by atoms with Crippen LogP contribution >= 0.6 is 0 Å². The van der Waals surface area contributed by atoms with Crippen LogP contribution in [0.2, 0.25) is 0 Å². The van der Waals surface area contributed by atoms with E-state index in [1.807, 2.05) is 52.8 Å². The van der Waals surface area contributed by atoms with E-state index in [0.29, 0.717) is 23.4 Å². The van der Waals surface area contributed by atoms with E-state index in [-0.39, 0.29) is 0 Å². The van der Waals surface area contributed by atoms with Crippen molar-refractivity contribution in [2.45, 2.75) is 85.0 Å². The number of amides is 3. The summed E-state index contributed by atoms with van der Waals surface area (Å²) in [4.78, 5) is 42.3. The first kappa shape index (κ1) is 31.6. The van der Waals surface area contributed by atoms with Crippen LogP contribution in [0.15, 0.2) is 42.5 Å². The third-order valence-corrected chi connectivity index (χ3v) is 6.61. The summed E-state index contributed by atoms with van der Waals surface area (Å²) >= 11 is 0. The van der Waals surface area contributed by atoms with Crippen LogP contribution in [0.5, 0.6) is 5.75 Å². The highest BCUT2D eigenvalue weighted by Crippen LogP contribution is 2.36. The smallest absolute Gasteiger partial charge is 0.408 e. The molecule has 9 heteroatoms. The number of rotatable bonds is 10. The van der Waals surface area contributed by atoms with Gasteiger partial charge < -0.3 is 30.1 Å².